The van der Waals surface area contributed by atoms with E-state index in [4.69, 9.17) is 6.42 Å². The number of alkyl halides is 3. The molecular weight excluding hydrogens is 215 g/mol. The first-order chi connectivity index (χ1) is 7.47. The van der Waals surface area contributed by atoms with Gasteiger partial charge < -0.3 is 5.32 Å². The third-order valence-electron chi connectivity index (χ3n) is 2.16. The quantitative estimate of drug-likeness (QED) is 0.779. The van der Waals surface area contributed by atoms with E-state index in [1.54, 1.807) is 0 Å². The van der Waals surface area contributed by atoms with Crippen LogP contribution in [-0.4, -0.2) is 6.04 Å². The highest BCUT2D eigenvalue weighted by Gasteiger charge is 2.29. The van der Waals surface area contributed by atoms with Gasteiger partial charge in [0.05, 0.1) is 11.6 Å². The summed E-state index contributed by atoms with van der Waals surface area (Å²) in [6, 6.07) is 4.67. The Hall–Kier alpha value is -1.63. The Kier molecular flexibility index (Phi) is 3.83. The summed E-state index contributed by atoms with van der Waals surface area (Å²) in [7, 11) is 0. The third kappa shape index (κ3) is 3.20. The second kappa shape index (κ2) is 4.93. The van der Waals surface area contributed by atoms with Crippen LogP contribution in [0.5, 0.6) is 0 Å². The number of anilines is 1. The van der Waals surface area contributed by atoms with Crippen molar-refractivity contribution in [2.24, 2.45) is 0 Å². The standard InChI is InChI=1S/C12H12F3N/c1-3-10(4-2)16-11-7-5-9(6-8-11)12(13,14)15/h1,5-8,10,16H,4H2,2H3. The number of rotatable bonds is 3. The van der Waals surface area contributed by atoms with Crippen molar-refractivity contribution in [3.05, 3.63) is 29.8 Å². The van der Waals surface area contributed by atoms with Gasteiger partial charge in [0.1, 0.15) is 0 Å². The summed E-state index contributed by atoms with van der Waals surface area (Å²) in [4.78, 5) is 0. The molecule has 0 radical (unpaired) electrons. The average Bonchev–Trinajstić information content (AvgIpc) is 2.25. The van der Waals surface area contributed by atoms with E-state index in [9.17, 15) is 13.2 Å². The summed E-state index contributed by atoms with van der Waals surface area (Å²) in [6.07, 6.45) is 1.66. The molecule has 0 spiro atoms. The fourth-order valence-electron chi connectivity index (χ4n) is 1.22. The Morgan fingerprint density at radius 2 is 1.88 bits per heavy atom. The number of terminal acetylenes is 1. The first-order valence-electron chi connectivity index (χ1n) is 4.87. The lowest BCUT2D eigenvalue weighted by molar-refractivity contribution is -0.137. The van der Waals surface area contributed by atoms with Crippen LogP contribution in [-0.2, 0) is 6.18 Å². The van der Waals surface area contributed by atoms with Crippen LogP contribution in [0.2, 0.25) is 0 Å². The maximum atomic E-state index is 12.3. The first-order valence-corrected chi connectivity index (χ1v) is 4.87. The molecule has 0 bridgehead atoms. The van der Waals surface area contributed by atoms with Crippen LogP contribution >= 0.6 is 0 Å². The zero-order chi connectivity index (χ0) is 12.2. The highest BCUT2D eigenvalue weighted by molar-refractivity contribution is 5.47. The second-order valence-electron chi connectivity index (χ2n) is 3.35. The van der Waals surface area contributed by atoms with Crippen LogP contribution in [0.3, 0.4) is 0 Å². The summed E-state index contributed by atoms with van der Waals surface area (Å²) < 4.78 is 36.8. The zero-order valence-corrected chi connectivity index (χ0v) is 8.81. The van der Waals surface area contributed by atoms with Crippen LogP contribution in [0.1, 0.15) is 18.9 Å². The highest BCUT2D eigenvalue weighted by Crippen LogP contribution is 2.29. The van der Waals surface area contributed by atoms with Crippen molar-refractivity contribution in [3.8, 4) is 12.3 Å². The number of hydrogen-bond donors (Lipinski definition) is 1. The second-order valence-corrected chi connectivity index (χ2v) is 3.35. The number of benzene rings is 1. The van der Waals surface area contributed by atoms with Gasteiger partial charge in [0, 0.05) is 5.69 Å². The smallest absolute Gasteiger partial charge is 0.372 e. The predicted octanol–water partition coefficient (Wildman–Crippen LogP) is 3.53. The minimum absolute atomic E-state index is 0.156. The lowest BCUT2D eigenvalue weighted by atomic mass is 10.1. The van der Waals surface area contributed by atoms with Gasteiger partial charge in [-0.25, -0.2) is 0 Å². The minimum atomic E-state index is -4.30. The molecule has 0 saturated heterocycles. The molecule has 1 aromatic carbocycles. The van der Waals surface area contributed by atoms with Crippen molar-refractivity contribution in [2.45, 2.75) is 25.6 Å². The molecule has 0 aliphatic rings. The van der Waals surface area contributed by atoms with Crippen molar-refractivity contribution in [3.63, 3.8) is 0 Å². The predicted molar refractivity (Wildman–Crippen MR) is 58.0 cm³/mol. The third-order valence-corrected chi connectivity index (χ3v) is 2.16. The molecule has 16 heavy (non-hydrogen) atoms. The monoisotopic (exact) mass is 227 g/mol. The van der Waals surface area contributed by atoms with E-state index in [0.717, 1.165) is 18.6 Å². The Morgan fingerprint density at radius 3 is 2.25 bits per heavy atom. The maximum Gasteiger partial charge on any atom is 0.416 e. The van der Waals surface area contributed by atoms with Gasteiger partial charge in [-0.1, -0.05) is 12.8 Å². The molecule has 0 fully saturated rings. The molecule has 0 heterocycles. The largest absolute Gasteiger partial charge is 0.416 e. The van der Waals surface area contributed by atoms with Gasteiger partial charge in [0.25, 0.3) is 0 Å². The Balaban J connectivity index is 2.77. The summed E-state index contributed by atoms with van der Waals surface area (Å²) >= 11 is 0. The molecule has 1 aromatic rings. The van der Waals surface area contributed by atoms with Crippen molar-refractivity contribution in [1.82, 2.24) is 0 Å². The van der Waals surface area contributed by atoms with E-state index in [0.29, 0.717) is 5.69 Å². The summed E-state index contributed by atoms with van der Waals surface area (Å²) in [5.41, 5.74) is -0.0652. The van der Waals surface area contributed by atoms with Crippen LogP contribution in [0.25, 0.3) is 0 Å². The minimum Gasteiger partial charge on any atom is -0.372 e. The molecule has 0 aliphatic carbocycles. The average molecular weight is 227 g/mol. The Labute approximate surface area is 92.7 Å². The summed E-state index contributed by atoms with van der Waals surface area (Å²) in [5.74, 6) is 2.51. The lowest BCUT2D eigenvalue weighted by Crippen LogP contribution is -2.15. The Morgan fingerprint density at radius 1 is 1.31 bits per heavy atom. The van der Waals surface area contributed by atoms with Crippen molar-refractivity contribution in [2.75, 3.05) is 5.32 Å². The fourth-order valence-corrected chi connectivity index (χ4v) is 1.22. The fraction of sp³-hybridized carbons (Fsp3) is 0.333. The number of halogens is 3. The molecule has 1 nitrogen and oxygen atoms in total. The van der Waals surface area contributed by atoms with Crippen LogP contribution in [0.4, 0.5) is 18.9 Å². The molecule has 1 atom stereocenters. The molecule has 0 aliphatic heterocycles. The highest BCUT2D eigenvalue weighted by atomic mass is 19.4. The number of nitrogens with one attached hydrogen (secondary N) is 1. The molecular formula is C12H12F3N. The van der Waals surface area contributed by atoms with Crippen molar-refractivity contribution < 1.29 is 13.2 Å². The van der Waals surface area contributed by atoms with E-state index in [2.05, 4.69) is 11.2 Å². The summed E-state index contributed by atoms with van der Waals surface area (Å²) in [5, 5.41) is 2.95. The van der Waals surface area contributed by atoms with Gasteiger partial charge in [-0.2, -0.15) is 13.2 Å². The molecule has 1 unspecified atom stereocenters. The first kappa shape index (κ1) is 12.4. The number of hydrogen-bond acceptors (Lipinski definition) is 1. The van der Waals surface area contributed by atoms with E-state index in [-0.39, 0.29) is 6.04 Å². The molecule has 0 saturated carbocycles. The van der Waals surface area contributed by atoms with E-state index in [1.807, 2.05) is 6.92 Å². The van der Waals surface area contributed by atoms with Crippen LogP contribution in [0.15, 0.2) is 24.3 Å². The molecule has 1 rings (SSSR count). The van der Waals surface area contributed by atoms with Crippen LogP contribution in [0, 0.1) is 12.3 Å². The molecule has 4 heteroatoms. The van der Waals surface area contributed by atoms with E-state index >= 15 is 0 Å². The van der Waals surface area contributed by atoms with Gasteiger partial charge in [-0.15, -0.1) is 6.42 Å². The van der Waals surface area contributed by atoms with Gasteiger partial charge in [0.2, 0.25) is 0 Å². The van der Waals surface area contributed by atoms with Crippen molar-refractivity contribution >= 4 is 5.69 Å². The van der Waals surface area contributed by atoms with Gasteiger partial charge in [-0.3, -0.25) is 0 Å². The van der Waals surface area contributed by atoms with E-state index in [1.165, 1.54) is 12.1 Å². The van der Waals surface area contributed by atoms with Crippen LogP contribution < -0.4 is 5.32 Å². The molecule has 0 amide bonds. The Bertz CT molecular complexity index is 373. The van der Waals surface area contributed by atoms with Gasteiger partial charge >= 0.3 is 6.18 Å². The molecule has 1 N–H and O–H groups in total. The topological polar surface area (TPSA) is 12.0 Å². The maximum absolute atomic E-state index is 12.3. The molecule has 0 aromatic heterocycles. The molecule has 86 valence electrons. The van der Waals surface area contributed by atoms with Crippen molar-refractivity contribution in [1.29, 1.82) is 0 Å². The van der Waals surface area contributed by atoms with E-state index < -0.39 is 11.7 Å². The summed E-state index contributed by atoms with van der Waals surface area (Å²) in [6.45, 7) is 1.90. The SMILES string of the molecule is C#CC(CC)Nc1ccc(C(F)(F)F)cc1. The zero-order valence-electron chi connectivity index (χ0n) is 8.81. The normalized spacial score (nSPS) is 12.9. The van der Waals surface area contributed by atoms with Gasteiger partial charge in [-0.05, 0) is 30.7 Å². The lowest BCUT2D eigenvalue weighted by Gasteiger charge is -2.13. The van der Waals surface area contributed by atoms with Gasteiger partial charge in [0.15, 0.2) is 0 Å².